The lowest BCUT2D eigenvalue weighted by molar-refractivity contribution is 0.301. The molecule has 0 atom stereocenters. The summed E-state index contributed by atoms with van der Waals surface area (Å²) in [6.45, 7) is 6.62. The number of phenolic OH excluding ortho intramolecular Hbond substituents is 1. The van der Waals surface area contributed by atoms with Crippen molar-refractivity contribution in [2.45, 2.75) is 27.0 Å². The van der Waals surface area contributed by atoms with Gasteiger partial charge in [-0.25, -0.2) is 0 Å². The van der Waals surface area contributed by atoms with Gasteiger partial charge < -0.3 is 15.2 Å². The minimum absolute atomic E-state index is 0.267. The molecule has 2 rings (SSSR count). The van der Waals surface area contributed by atoms with Gasteiger partial charge in [0.15, 0.2) is 0 Å². The van der Waals surface area contributed by atoms with Crippen LogP contribution in [0.1, 0.15) is 25.0 Å². The molecule has 0 fully saturated rings. The highest BCUT2D eigenvalue weighted by Crippen LogP contribution is 2.20. The van der Waals surface area contributed by atoms with Crippen LogP contribution >= 0.6 is 0 Å². The van der Waals surface area contributed by atoms with Crippen molar-refractivity contribution in [2.24, 2.45) is 5.92 Å². The SMILES string of the molecule is CC(C)CNCc1ccccc1OCc1cccc(O)c1. The number of nitrogens with one attached hydrogen (secondary N) is 1. The quantitative estimate of drug-likeness (QED) is 0.814. The Balaban J connectivity index is 1.96. The number of hydrogen-bond donors (Lipinski definition) is 2. The molecule has 0 heterocycles. The van der Waals surface area contributed by atoms with E-state index in [9.17, 15) is 5.11 Å². The largest absolute Gasteiger partial charge is 0.508 e. The molecule has 0 spiro atoms. The van der Waals surface area contributed by atoms with Crippen molar-refractivity contribution in [3.8, 4) is 11.5 Å². The number of para-hydroxylation sites is 1. The zero-order chi connectivity index (χ0) is 15.1. The minimum atomic E-state index is 0.267. The number of rotatable bonds is 7. The summed E-state index contributed by atoms with van der Waals surface area (Å²) in [5.41, 5.74) is 2.11. The van der Waals surface area contributed by atoms with Gasteiger partial charge in [-0.15, -0.1) is 0 Å². The molecule has 112 valence electrons. The van der Waals surface area contributed by atoms with Gasteiger partial charge in [-0.3, -0.25) is 0 Å². The molecule has 0 radical (unpaired) electrons. The smallest absolute Gasteiger partial charge is 0.124 e. The summed E-state index contributed by atoms with van der Waals surface area (Å²) in [5, 5.41) is 12.9. The maximum absolute atomic E-state index is 9.47. The molecular formula is C18H23NO2. The Hall–Kier alpha value is -2.00. The molecule has 21 heavy (non-hydrogen) atoms. The lowest BCUT2D eigenvalue weighted by Crippen LogP contribution is -2.19. The Morgan fingerprint density at radius 3 is 2.67 bits per heavy atom. The van der Waals surface area contributed by atoms with Gasteiger partial charge in [0.05, 0.1) is 0 Å². The standard InChI is InChI=1S/C18H23NO2/c1-14(2)11-19-12-16-7-3-4-9-18(16)21-13-15-6-5-8-17(20)10-15/h3-10,14,19-20H,11-13H2,1-2H3. The molecule has 0 aliphatic heterocycles. The van der Waals surface area contributed by atoms with Gasteiger partial charge >= 0.3 is 0 Å². The third-order valence-corrected chi connectivity index (χ3v) is 3.15. The fourth-order valence-electron chi connectivity index (χ4n) is 2.09. The van der Waals surface area contributed by atoms with E-state index < -0.39 is 0 Å². The molecule has 0 aliphatic carbocycles. The monoisotopic (exact) mass is 285 g/mol. The van der Waals surface area contributed by atoms with Gasteiger partial charge in [0.25, 0.3) is 0 Å². The van der Waals surface area contributed by atoms with E-state index in [1.54, 1.807) is 12.1 Å². The van der Waals surface area contributed by atoms with E-state index in [-0.39, 0.29) is 5.75 Å². The first-order valence-corrected chi connectivity index (χ1v) is 7.34. The Morgan fingerprint density at radius 2 is 1.90 bits per heavy atom. The van der Waals surface area contributed by atoms with Crippen LogP contribution in [0.5, 0.6) is 11.5 Å². The van der Waals surface area contributed by atoms with Crippen molar-refractivity contribution in [1.29, 1.82) is 0 Å². The average Bonchev–Trinajstić information content (AvgIpc) is 2.46. The van der Waals surface area contributed by atoms with E-state index in [4.69, 9.17) is 4.74 Å². The van der Waals surface area contributed by atoms with Gasteiger partial charge in [-0.2, -0.15) is 0 Å². The Morgan fingerprint density at radius 1 is 1.10 bits per heavy atom. The number of benzene rings is 2. The second kappa shape index (κ2) is 7.70. The highest BCUT2D eigenvalue weighted by atomic mass is 16.5. The summed E-state index contributed by atoms with van der Waals surface area (Å²) in [5.74, 6) is 1.78. The number of aromatic hydroxyl groups is 1. The topological polar surface area (TPSA) is 41.5 Å². The van der Waals surface area contributed by atoms with E-state index in [0.717, 1.165) is 30.0 Å². The van der Waals surface area contributed by atoms with Crippen LogP contribution in [-0.2, 0) is 13.2 Å². The first-order chi connectivity index (χ1) is 10.1. The summed E-state index contributed by atoms with van der Waals surface area (Å²) in [6.07, 6.45) is 0. The van der Waals surface area contributed by atoms with Crippen molar-refractivity contribution in [3.05, 3.63) is 59.7 Å². The zero-order valence-corrected chi connectivity index (χ0v) is 12.7. The first-order valence-electron chi connectivity index (χ1n) is 7.34. The van der Waals surface area contributed by atoms with Crippen LogP contribution in [-0.4, -0.2) is 11.7 Å². The van der Waals surface area contributed by atoms with E-state index in [1.807, 2.05) is 30.3 Å². The highest BCUT2D eigenvalue weighted by Gasteiger charge is 2.04. The van der Waals surface area contributed by atoms with E-state index in [1.165, 1.54) is 0 Å². The van der Waals surface area contributed by atoms with Crippen LogP contribution in [0, 0.1) is 5.92 Å². The molecule has 0 saturated carbocycles. The first kappa shape index (κ1) is 15.4. The van der Waals surface area contributed by atoms with Crippen molar-refractivity contribution in [1.82, 2.24) is 5.32 Å². The van der Waals surface area contributed by atoms with Crippen LogP contribution in [0.4, 0.5) is 0 Å². The van der Waals surface area contributed by atoms with Crippen LogP contribution in [0.25, 0.3) is 0 Å². The third-order valence-electron chi connectivity index (χ3n) is 3.15. The lowest BCUT2D eigenvalue weighted by Gasteiger charge is -2.13. The van der Waals surface area contributed by atoms with E-state index in [2.05, 4.69) is 25.2 Å². The van der Waals surface area contributed by atoms with E-state index >= 15 is 0 Å². The molecular weight excluding hydrogens is 262 g/mol. The predicted molar refractivity (Wildman–Crippen MR) is 85.4 cm³/mol. The third kappa shape index (κ3) is 5.12. The second-order valence-electron chi connectivity index (χ2n) is 5.59. The van der Waals surface area contributed by atoms with Gasteiger partial charge in [-0.1, -0.05) is 44.2 Å². The fourth-order valence-corrected chi connectivity index (χ4v) is 2.09. The zero-order valence-electron chi connectivity index (χ0n) is 12.7. The van der Waals surface area contributed by atoms with Crippen molar-refractivity contribution < 1.29 is 9.84 Å². The molecule has 2 aromatic rings. The molecule has 3 heteroatoms. The molecule has 0 aliphatic rings. The molecule has 0 aromatic heterocycles. The van der Waals surface area contributed by atoms with Crippen molar-refractivity contribution in [3.63, 3.8) is 0 Å². The number of phenols is 1. The number of ether oxygens (including phenoxy) is 1. The fraction of sp³-hybridized carbons (Fsp3) is 0.333. The van der Waals surface area contributed by atoms with Gasteiger partial charge in [0.2, 0.25) is 0 Å². The van der Waals surface area contributed by atoms with Crippen LogP contribution in [0.15, 0.2) is 48.5 Å². The summed E-state index contributed by atoms with van der Waals surface area (Å²) < 4.78 is 5.88. The van der Waals surface area contributed by atoms with Crippen LogP contribution in [0.3, 0.4) is 0 Å². The Kier molecular flexibility index (Phi) is 5.64. The minimum Gasteiger partial charge on any atom is -0.508 e. The van der Waals surface area contributed by atoms with Gasteiger partial charge in [-0.05, 0) is 36.2 Å². The molecule has 3 nitrogen and oxygen atoms in total. The van der Waals surface area contributed by atoms with Crippen LogP contribution < -0.4 is 10.1 Å². The average molecular weight is 285 g/mol. The second-order valence-corrected chi connectivity index (χ2v) is 5.59. The number of hydrogen-bond acceptors (Lipinski definition) is 3. The highest BCUT2D eigenvalue weighted by molar-refractivity contribution is 5.34. The maximum Gasteiger partial charge on any atom is 0.124 e. The summed E-state index contributed by atoms with van der Waals surface area (Å²) >= 11 is 0. The predicted octanol–water partition coefficient (Wildman–Crippen LogP) is 3.72. The maximum atomic E-state index is 9.47. The molecule has 0 bridgehead atoms. The van der Waals surface area contributed by atoms with Crippen LogP contribution in [0.2, 0.25) is 0 Å². The van der Waals surface area contributed by atoms with E-state index in [0.29, 0.717) is 12.5 Å². The van der Waals surface area contributed by atoms with Gasteiger partial charge in [0, 0.05) is 12.1 Å². The Bertz CT molecular complexity index is 567. The molecule has 0 amide bonds. The molecule has 2 N–H and O–H groups in total. The summed E-state index contributed by atoms with van der Waals surface area (Å²) in [7, 11) is 0. The molecule has 0 saturated heterocycles. The lowest BCUT2D eigenvalue weighted by atomic mass is 10.1. The van der Waals surface area contributed by atoms with Crippen molar-refractivity contribution in [2.75, 3.05) is 6.54 Å². The summed E-state index contributed by atoms with van der Waals surface area (Å²) in [6, 6.07) is 15.2. The summed E-state index contributed by atoms with van der Waals surface area (Å²) in [4.78, 5) is 0. The van der Waals surface area contributed by atoms with Crippen molar-refractivity contribution >= 4 is 0 Å². The molecule has 0 unspecified atom stereocenters. The Labute approximate surface area is 126 Å². The van der Waals surface area contributed by atoms with Gasteiger partial charge in [0.1, 0.15) is 18.1 Å². The molecule has 2 aromatic carbocycles. The normalized spacial score (nSPS) is 10.8.